The summed E-state index contributed by atoms with van der Waals surface area (Å²) in [7, 11) is 0. The molecule has 0 bridgehead atoms. The van der Waals surface area contributed by atoms with Crippen LogP contribution in [0.2, 0.25) is 0 Å². The topological polar surface area (TPSA) is 59.8 Å². The van der Waals surface area contributed by atoms with Gasteiger partial charge in [-0.25, -0.2) is 9.97 Å². The van der Waals surface area contributed by atoms with E-state index in [2.05, 4.69) is 15.3 Å². The van der Waals surface area contributed by atoms with Gasteiger partial charge in [-0.3, -0.25) is 23.5 Å². The summed E-state index contributed by atoms with van der Waals surface area (Å²) in [6, 6.07) is 3.68. The number of carbonyl (C=O) groups excluding carboxylic acids is 1. The second kappa shape index (κ2) is 6.45. The van der Waals surface area contributed by atoms with E-state index in [0.29, 0.717) is 17.1 Å². The summed E-state index contributed by atoms with van der Waals surface area (Å²) in [5, 5.41) is 2.69. The van der Waals surface area contributed by atoms with Gasteiger partial charge in [0.1, 0.15) is 5.52 Å². The molecule has 132 valence electrons. The van der Waals surface area contributed by atoms with Crippen molar-refractivity contribution in [1.82, 2.24) is 14.5 Å². The number of nitrogens with one attached hydrogen (secondary N) is 1. The van der Waals surface area contributed by atoms with Crippen molar-refractivity contribution < 1.29 is 13.6 Å². The Morgan fingerprint density at radius 2 is 1.79 bits per heavy atom. The van der Waals surface area contributed by atoms with E-state index >= 15 is 0 Å². The predicted molar refractivity (Wildman–Crippen MR) is 90.6 cm³/mol. The predicted octanol–water partition coefficient (Wildman–Crippen LogP) is 3.77. The molecule has 2 rings (SSSR count). The van der Waals surface area contributed by atoms with Gasteiger partial charge in [-0.05, 0) is 39.8 Å². The molecular formula is C17H24F2N4O. The zero-order valence-electron chi connectivity index (χ0n) is 14.8. The van der Waals surface area contributed by atoms with Crippen LogP contribution in [-0.2, 0) is 10.3 Å². The first-order valence-corrected chi connectivity index (χ1v) is 7.88. The Morgan fingerprint density at radius 3 is 2.33 bits per heavy atom. The van der Waals surface area contributed by atoms with Gasteiger partial charge in [-0.1, -0.05) is 6.92 Å². The molecule has 5 nitrogen and oxygen atoms in total. The molecule has 0 radical (unpaired) electrons. The van der Waals surface area contributed by atoms with Gasteiger partial charge in [0.2, 0.25) is 11.9 Å². The van der Waals surface area contributed by atoms with Crippen LogP contribution in [0.25, 0.3) is 11.2 Å². The summed E-state index contributed by atoms with van der Waals surface area (Å²) in [6.45, 7) is 7.42. The number of aromatic nitrogens is 3. The van der Waals surface area contributed by atoms with Gasteiger partial charge >= 0.3 is 0 Å². The highest BCUT2D eigenvalue weighted by Crippen LogP contribution is 2.28. The molecule has 24 heavy (non-hydrogen) atoms. The molecule has 0 fully saturated rings. The van der Waals surface area contributed by atoms with Crippen LogP contribution < -0.4 is 5.32 Å². The number of fused-ring (bicyclic) bond motifs is 1. The molecule has 0 aliphatic carbocycles. The van der Waals surface area contributed by atoms with Crippen LogP contribution in [0.15, 0.2) is 12.1 Å². The molecule has 0 atom stereocenters. The fourth-order valence-electron chi connectivity index (χ4n) is 2.46. The molecular weight excluding hydrogens is 314 g/mol. The minimum absolute atomic E-state index is 0.250. The Balaban J connectivity index is 2.40. The summed E-state index contributed by atoms with van der Waals surface area (Å²) in [6.07, 6.45) is -0.250. The van der Waals surface area contributed by atoms with Crippen LogP contribution in [0, 0.1) is 12.3 Å². The lowest BCUT2D eigenvalue weighted by Gasteiger charge is -2.25. The quantitative estimate of drug-likeness (QED) is 0.903. The van der Waals surface area contributed by atoms with Crippen molar-refractivity contribution in [3.05, 3.63) is 17.8 Å². The zero-order valence-corrected chi connectivity index (χ0v) is 14.8. The molecule has 0 aliphatic rings. The summed E-state index contributed by atoms with van der Waals surface area (Å²) in [5.74, 6) is -0.133. The number of hydrogen-bond donors (Lipinski definition) is 1. The van der Waals surface area contributed by atoms with E-state index in [1.54, 1.807) is 0 Å². The number of carbonyl (C=O) groups is 1. The maximum Gasteiger partial charge on any atom is 0.227 e. The molecule has 0 aromatic carbocycles. The second-order valence-corrected chi connectivity index (χ2v) is 7.54. The first kappa shape index (κ1) is 18.3. The van der Waals surface area contributed by atoms with E-state index in [4.69, 9.17) is 0 Å². The first-order chi connectivity index (χ1) is 11.1. The largest absolute Gasteiger partial charge is 0.296 e. The summed E-state index contributed by atoms with van der Waals surface area (Å²) >= 11 is 0. The van der Waals surface area contributed by atoms with Gasteiger partial charge in [0.25, 0.3) is 0 Å². The Kier molecular flexibility index (Phi) is 4.92. The third-order valence-corrected chi connectivity index (χ3v) is 3.80. The van der Waals surface area contributed by atoms with Crippen LogP contribution in [-0.4, -0.2) is 33.8 Å². The van der Waals surface area contributed by atoms with Gasteiger partial charge < -0.3 is 0 Å². The van der Waals surface area contributed by atoms with Crippen molar-refractivity contribution in [2.45, 2.75) is 46.6 Å². The summed E-state index contributed by atoms with van der Waals surface area (Å²) < 4.78 is 27.8. The zero-order chi connectivity index (χ0) is 18.1. The molecule has 2 aromatic heterocycles. The SMILES string of the molecule is Cc1ccc2nc(NC(=O)CC(C)(CF)CF)n(C(C)(C)C)c2n1. The van der Waals surface area contributed by atoms with Crippen molar-refractivity contribution in [1.29, 1.82) is 0 Å². The highest BCUT2D eigenvalue weighted by atomic mass is 19.1. The van der Waals surface area contributed by atoms with Gasteiger partial charge in [0.15, 0.2) is 5.65 Å². The average molecular weight is 338 g/mol. The van der Waals surface area contributed by atoms with Crippen LogP contribution in [0.4, 0.5) is 14.7 Å². The average Bonchev–Trinajstić information content (AvgIpc) is 2.83. The molecule has 1 amide bonds. The van der Waals surface area contributed by atoms with E-state index in [0.717, 1.165) is 5.69 Å². The number of rotatable bonds is 5. The monoisotopic (exact) mass is 338 g/mol. The third-order valence-electron chi connectivity index (χ3n) is 3.80. The molecule has 0 saturated heterocycles. The van der Waals surface area contributed by atoms with Crippen LogP contribution >= 0.6 is 0 Å². The highest BCUT2D eigenvalue weighted by molar-refractivity contribution is 5.91. The number of anilines is 1. The molecule has 0 saturated carbocycles. The second-order valence-electron chi connectivity index (χ2n) is 7.54. The maximum absolute atomic E-state index is 13.0. The fourth-order valence-corrected chi connectivity index (χ4v) is 2.46. The Bertz CT molecular complexity index is 745. The summed E-state index contributed by atoms with van der Waals surface area (Å²) in [5.41, 5.74) is 0.480. The molecule has 0 unspecified atom stereocenters. The number of amides is 1. The number of halogens is 2. The Labute approximate surface area is 140 Å². The Morgan fingerprint density at radius 1 is 1.17 bits per heavy atom. The molecule has 2 heterocycles. The van der Waals surface area contributed by atoms with Crippen molar-refractivity contribution in [3.63, 3.8) is 0 Å². The van der Waals surface area contributed by atoms with E-state index in [-0.39, 0.29) is 12.0 Å². The number of nitrogens with zero attached hydrogens (tertiary/aromatic N) is 3. The van der Waals surface area contributed by atoms with E-state index in [9.17, 15) is 13.6 Å². The third kappa shape index (κ3) is 3.71. The lowest BCUT2D eigenvalue weighted by atomic mass is 9.90. The minimum atomic E-state index is -1.31. The van der Waals surface area contributed by atoms with Crippen LogP contribution in [0.1, 0.15) is 39.8 Å². The minimum Gasteiger partial charge on any atom is -0.296 e. The molecule has 7 heteroatoms. The van der Waals surface area contributed by atoms with Gasteiger partial charge in [0.05, 0.1) is 13.3 Å². The first-order valence-electron chi connectivity index (χ1n) is 7.88. The molecule has 0 spiro atoms. The number of alkyl halides is 2. The van der Waals surface area contributed by atoms with Crippen molar-refractivity contribution in [2.24, 2.45) is 5.41 Å². The van der Waals surface area contributed by atoms with Gasteiger partial charge in [-0.15, -0.1) is 0 Å². The number of hydrogen-bond acceptors (Lipinski definition) is 3. The smallest absolute Gasteiger partial charge is 0.227 e. The van der Waals surface area contributed by atoms with Crippen LogP contribution in [0.5, 0.6) is 0 Å². The standard InChI is InChI=1S/C17H24F2N4O/c1-11-6-7-12-14(20-11)23(16(2,3)4)15(21-12)22-13(24)8-17(5,9-18)10-19/h6-7H,8-10H2,1-5H3,(H,21,22,24). The molecule has 0 aliphatic heterocycles. The molecule has 2 aromatic rings. The van der Waals surface area contributed by atoms with E-state index in [1.807, 2.05) is 44.4 Å². The molecule has 1 N–H and O–H groups in total. The normalized spacial score (nSPS) is 12.6. The highest BCUT2D eigenvalue weighted by Gasteiger charge is 2.30. The lowest BCUT2D eigenvalue weighted by molar-refractivity contribution is -0.118. The van der Waals surface area contributed by atoms with Gasteiger partial charge in [-0.2, -0.15) is 0 Å². The number of pyridine rings is 1. The Hall–Kier alpha value is -2.05. The van der Waals surface area contributed by atoms with Crippen molar-refractivity contribution in [3.8, 4) is 0 Å². The van der Waals surface area contributed by atoms with E-state index < -0.39 is 24.7 Å². The number of imidazole rings is 1. The lowest BCUT2D eigenvalue weighted by Crippen LogP contribution is -2.31. The maximum atomic E-state index is 13.0. The summed E-state index contributed by atoms with van der Waals surface area (Å²) in [4.78, 5) is 21.2. The van der Waals surface area contributed by atoms with Crippen LogP contribution in [0.3, 0.4) is 0 Å². The van der Waals surface area contributed by atoms with E-state index in [1.165, 1.54) is 6.92 Å². The van der Waals surface area contributed by atoms with Crippen molar-refractivity contribution >= 4 is 23.0 Å². The van der Waals surface area contributed by atoms with Gasteiger partial charge in [0, 0.05) is 23.1 Å². The fraction of sp³-hybridized carbons (Fsp3) is 0.588. The van der Waals surface area contributed by atoms with Crippen molar-refractivity contribution in [2.75, 3.05) is 18.7 Å². The number of aryl methyl sites for hydroxylation is 1.